The third-order valence-electron chi connectivity index (χ3n) is 6.68. The van der Waals surface area contributed by atoms with Gasteiger partial charge >= 0.3 is 0 Å². The molecule has 1 aliphatic carbocycles. The first-order valence-corrected chi connectivity index (χ1v) is 12.2. The highest BCUT2D eigenvalue weighted by Crippen LogP contribution is 2.37. The number of aromatic amines is 1. The van der Waals surface area contributed by atoms with Crippen molar-refractivity contribution in [2.45, 2.75) is 51.9 Å². The normalized spacial score (nSPS) is 14.0. The summed E-state index contributed by atoms with van der Waals surface area (Å²) in [5, 5.41) is 4.46. The number of imidazole rings is 1. The Kier molecular flexibility index (Phi) is 6.82. The van der Waals surface area contributed by atoms with Crippen LogP contribution in [-0.2, 0) is 12.5 Å². The lowest BCUT2D eigenvalue weighted by Crippen LogP contribution is -2.37. The van der Waals surface area contributed by atoms with Crippen molar-refractivity contribution in [3.8, 4) is 5.75 Å². The van der Waals surface area contributed by atoms with Gasteiger partial charge in [0.15, 0.2) is 5.69 Å². The van der Waals surface area contributed by atoms with Crippen molar-refractivity contribution in [3.05, 3.63) is 77.0 Å². The lowest BCUT2D eigenvalue weighted by Gasteiger charge is -2.21. The Hall–Kier alpha value is -3.78. The molecule has 4 rings (SSSR count). The molecule has 2 aromatic carbocycles. The number of hydrazine groups is 1. The summed E-state index contributed by atoms with van der Waals surface area (Å²) in [6.45, 7) is 8.32. The van der Waals surface area contributed by atoms with Crippen molar-refractivity contribution >= 4 is 23.0 Å². The lowest BCUT2D eigenvalue weighted by molar-refractivity contribution is -0.680. The number of carbonyl (C=O) groups is 1. The van der Waals surface area contributed by atoms with E-state index in [0.29, 0.717) is 34.3 Å². The number of nitrogens with zero attached hydrogens (tertiary/aromatic N) is 2. The fraction of sp³-hybridized carbons (Fsp3) is 0.357. The van der Waals surface area contributed by atoms with E-state index in [0.717, 1.165) is 16.8 Å². The lowest BCUT2D eigenvalue weighted by atomic mass is 9.87. The number of nitrogens with two attached hydrogens (primary N) is 2. The standard InChI is InChI=1S/C28H36N6O2/c1-17-7-8-19(27(35)32-22-14-20(28(2,3)4)11-12-25(22)36-6)13-23(17)34(30)16-21(29)24-15-31-26(33(24)5)18-9-10-18/h7-8,11-16,18H,9-10,29-30H2,1-6H3,(H,32,35)/p+1/b21-16-. The van der Waals surface area contributed by atoms with Crippen LogP contribution in [0.5, 0.6) is 5.75 Å². The number of benzene rings is 2. The van der Waals surface area contributed by atoms with Gasteiger partial charge in [0.25, 0.3) is 11.7 Å². The van der Waals surface area contributed by atoms with Gasteiger partial charge in [0, 0.05) is 11.8 Å². The van der Waals surface area contributed by atoms with Crippen molar-refractivity contribution in [1.29, 1.82) is 0 Å². The first-order chi connectivity index (χ1) is 17.0. The maximum atomic E-state index is 13.2. The van der Waals surface area contributed by atoms with Gasteiger partial charge in [-0.2, -0.15) is 0 Å². The number of ether oxygens (including phenoxy) is 1. The fourth-order valence-corrected chi connectivity index (χ4v) is 4.27. The summed E-state index contributed by atoms with van der Waals surface area (Å²) in [6, 6.07) is 11.3. The molecule has 8 nitrogen and oxygen atoms in total. The predicted molar refractivity (Wildman–Crippen MR) is 144 cm³/mol. The zero-order chi connectivity index (χ0) is 26.2. The van der Waals surface area contributed by atoms with Crippen LogP contribution in [0.25, 0.3) is 5.70 Å². The van der Waals surface area contributed by atoms with E-state index in [1.165, 1.54) is 23.7 Å². The third-order valence-corrected chi connectivity index (χ3v) is 6.68. The Bertz CT molecular complexity index is 1310. The maximum Gasteiger partial charge on any atom is 0.257 e. The van der Waals surface area contributed by atoms with Crippen molar-refractivity contribution < 1.29 is 14.1 Å². The van der Waals surface area contributed by atoms with Crippen LogP contribution >= 0.6 is 0 Å². The number of hydrogen-bond donors (Lipinski definition) is 4. The summed E-state index contributed by atoms with van der Waals surface area (Å²) in [6.07, 6.45) is 5.98. The third kappa shape index (κ3) is 5.23. The van der Waals surface area contributed by atoms with E-state index in [1.807, 2.05) is 44.4 Å². The van der Waals surface area contributed by atoms with Crippen LogP contribution in [0.2, 0.25) is 0 Å². The van der Waals surface area contributed by atoms with Crippen LogP contribution in [-0.4, -0.2) is 18.0 Å². The highest BCUT2D eigenvalue weighted by Gasteiger charge is 2.34. The van der Waals surface area contributed by atoms with E-state index in [1.54, 1.807) is 25.4 Å². The molecule has 1 fully saturated rings. The summed E-state index contributed by atoms with van der Waals surface area (Å²) in [5.41, 5.74) is 11.5. The molecule has 0 spiro atoms. The average Bonchev–Trinajstić information content (AvgIpc) is 3.59. The van der Waals surface area contributed by atoms with Gasteiger partial charge in [0.05, 0.1) is 31.5 Å². The van der Waals surface area contributed by atoms with Gasteiger partial charge in [-0.25, -0.2) is 15.4 Å². The Morgan fingerprint density at radius 1 is 1.22 bits per heavy atom. The van der Waals surface area contributed by atoms with Gasteiger partial charge in [-0.15, -0.1) is 0 Å². The topological polar surface area (TPSA) is 113 Å². The molecule has 0 aliphatic heterocycles. The average molecular weight is 490 g/mol. The monoisotopic (exact) mass is 489 g/mol. The van der Waals surface area contributed by atoms with Gasteiger partial charge < -0.3 is 15.8 Å². The van der Waals surface area contributed by atoms with E-state index in [9.17, 15) is 4.79 Å². The Balaban J connectivity index is 1.58. The molecule has 36 heavy (non-hydrogen) atoms. The van der Waals surface area contributed by atoms with Crippen LogP contribution in [0.4, 0.5) is 11.4 Å². The van der Waals surface area contributed by atoms with Gasteiger partial charge in [-0.1, -0.05) is 32.9 Å². The molecule has 1 amide bonds. The fourth-order valence-electron chi connectivity index (χ4n) is 4.27. The first kappa shape index (κ1) is 25.3. The molecule has 6 N–H and O–H groups in total. The highest BCUT2D eigenvalue weighted by atomic mass is 16.5. The smallest absolute Gasteiger partial charge is 0.257 e. The zero-order valence-corrected chi connectivity index (χ0v) is 22.0. The second-order valence-corrected chi connectivity index (χ2v) is 10.5. The van der Waals surface area contributed by atoms with Crippen LogP contribution in [0, 0.1) is 6.92 Å². The Morgan fingerprint density at radius 3 is 2.58 bits per heavy atom. The highest BCUT2D eigenvalue weighted by molar-refractivity contribution is 6.05. The molecule has 190 valence electrons. The number of amides is 1. The Labute approximate surface area is 212 Å². The quantitative estimate of drug-likeness (QED) is 0.225. The predicted octanol–water partition coefficient (Wildman–Crippen LogP) is 4.22. The van der Waals surface area contributed by atoms with Crippen LogP contribution in [0.3, 0.4) is 0 Å². The van der Waals surface area contributed by atoms with E-state index >= 15 is 0 Å². The Morgan fingerprint density at radius 2 is 1.94 bits per heavy atom. The van der Waals surface area contributed by atoms with Gasteiger partial charge in [0.1, 0.15) is 17.6 Å². The largest absolute Gasteiger partial charge is 0.495 e. The minimum atomic E-state index is -0.253. The van der Waals surface area contributed by atoms with Crippen molar-refractivity contribution in [1.82, 2.24) is 4.98 Å². The number of nitrogens with one attached hydrogen (secondary N) is 2. The van der Waals surface area contributed by atoms with Gasteiger partial charge in [0.2, 0.25) is 0 Å². The summed E-state index contributed by atoms with van der Waals surface area (Å²) in [5.74, 6) is 8.50. The SMILES string of the molecule is COc1ccc(C(C)(C)C)cc1NC(=O)c1ccc(C)c(N(N)/C=C(\N)c2c[nH]c(C3CC3)[n+]2C)c1. The van der Waals surface area contributed by atoms with Gasteiger partial charge in [-0.3, -0.25) is 9.80 Å². The van der Waals surface area contributed by atoms with Crippen LogP contribution in [0.1, 0.15) is 72.5 Å². The van der Waals surface area contributed by atoms with Crippen molar-refractivity contribution in [2.75, 3.05) is 17.4 Å². The van der Waals surface area contributed by atoms with Gasteiger partial charge in [-0.05, 0) is 60.6 Å². The molecule has 0 radical (unpaired) electrons. The molecule has 1 heterocycles. The summed E-state index contributed by atoms with van der Waals surface area (Å²) in [4.78, 5) is 16.5. The maximum absolute atomic E-state index is 13.2. The van der Waals surface area contributed by atoms with Crippen LogP contribution in [0.15, 0.2) is 48.8 Å². The van der Waals surface area contributed by atoms with E-state index in [-0.39, 0.29) is 11.3 Å². The second-order valence-electron chi connectivity index (χ2n) is 10.5. The first-order valence-electron chi connectivity index (χ1n) is 12.2. The number of anilines is 2. The number of aryl methyl sites for hydroxylation is 1. The molecule has 0 saturated heterocycles. The number of hydrogen-bond acceptors (Lipinski definition) is 5. The number of H-pyrrole nitrogens is 1. The molecule has 1 saturated carbocycles. The summed E-state index contributed by atoms with van der Waals surface area (Å²) >= 11 is 0. The molecule has 0 atom stereocenters. The second kappa shape index (κ2) is 9.70. The number of rotatable bonds is 7. The number of carbonyl (C=O) groups excluding carboxylic acids is 1. The molecule has 0 unspecified atom stereocenters. The number of aromatic nitrogens is 2. The molecule has 1 aliphatic rings. The van der Waals surface area contributed by atoms with E-state index < -0.39 is 0 Å². The van der Waals surface area contributed by atoms with Crippen molar-refractivity contribution in [2.24, 2.45) is 18.6 Å². The summed E-state index contributed by atoms with van der Waals surface area (Å²) in [7, 11) is 3.59. The molecule has 0 bridgehead atoms. The minimum Gasteiger partial charge on any atom is -0.495 e. The molecular formula is C28H37N6O2+. The molecule has 8 heteroatoms. The number of methoxy groups -OCH3 is 1. The molecule has 1 aromatic heterocycles. The molecule has 3 aromatic rings. The van der Waals surface area contributed by atoms with Crippen molar-refractivity contribution in [3.63, 3.8) is 0 Å². The summed E-state index contributed by atoms with van der Waals surface area (Å²) < 4.78 is 7.55. The van der Waals surface area contributed by atoms with E-state index in [4.69, 9.17) is 16.3 Å². The van der Waals surface area contributed by atoms with Crippen LogP contribution < -0.4 is 31.2 Å². The zero-order valence-electron chi connectivity index (χ0n) is 22.0. The minimum absolute atomic E-state index is 0.0649. The molecular weight excluding hydrogens is 452 g/mol. The van der Waals surface area contributed by atoms with E-state index in [2.05, 4.69) is 35.6 Å².